The third kappa shape index (κ3) is 6.63. The quantitative estimate of drug-likeness (QED) is 0.148. The Hall–Kier alpha value is -7.52. The smallest absolute Gasteiger partial charge is 0.0468 e. The Bertz CT molecular complexity index is 3200. The van der Waals surface area contributed by atoms with E-state index in [0.717, 1.165) is 17.1 Å². The SMILES string of the molecule is c1ccc(-c2ccc(N(c3ccccc3)c3ccc4sc5c6ccccc6c(-c6ccc(-c7cc(-c8ccccc8)cc(-c8ccccc8)c7)cc6)cc5c4c3)cc2)cc1. The van der Waals surface area contributed by atoms with Gasteiger partial charge in [-0.05, 0) is 128 Å². The minimum atomic E-state index is 1.12. The Balaban J connectivity index is 1.02. The molecule has 0 spiro atoms. The lowest BCUT2D eigenvalue weighted by Gasteiger charge is -2.26. The first-order valence-electron chi connectivity index (χ1n) is 20.5. The first kappa shape index (κ1) is 35.6. The molecule has 2 heteroatoms. The number of hydrogen-bond donors (Lipinski definition) is 0. The maximum Gasteiger partial charge on any atom is 0.0468 e. The second-order valence-corrected chi connectivity index (χ2v) is 16.4. The number of fused-ring (bicyclic) bond motifs is 5. The average molecular weight is 782 g/mol. The highest BCUT2D eigenvalue weighted by molar-refractivity contribution is 7.26. The van der Waals surface area contributed by atoms with Crippen molar-refractivity contribution < 1.29 is 0 Å². The first-order valence-corrected chi connectivity index (χ1v) is 21.3. The zero-order valence-corrected chi connectivity index (χ0v) is 33.7. The highest BCUT2D eigenvalue weighted by Crippen LogP contribution is 2.46. The molecule has 1 heterocycles. The maximum atomic E-state index is 2.43. The number of rotatable bonds is 8. The summed E-state index contributed by atoms with van der Waals surface area (Å²) in [5, 5.41) is 5.11. The van der Waals surface area contributed by atoms with Crippen molar-refractivity contribution in [2.75, 3.05) is 4.90 Å². The van der Waals surface area contributed by atoms with Gasteiger partial charge in [0.25, 0.3) is 0 Å². The van der Waals surface area contributed by atoms with E-state index >= 15 is 0 Å². The molecule has 0 aliphatic carbocycles. The number of thiophene rings is 1. The number of benzene rings is 10. The average Bonchev–Trinajstić information content (AvgIpc) is 3.71. The van der Waals surface area contributed by atoms with E-state index in [1.807, 2.05) is 11.3 Å². The summed E-state index contributed by atoms with van der Waals surface area (Å²) in [6.45, 7) is 0. The molecule has 282 valence electrons. The van der Waals surface area contributed by atoms with E-state index in [2.05, 4.69) is 241 Å². The Morgan fingerprint density at radius 2 is 0.667 bits per heavy atom. The van der Waals surface area contributed by atoms with Gasteiger partial charge < -0.3 is 4.90 Å². The second-order valence-electron chi connectivity index (χ2n) is 15.3. The zero-order valence-electron chi connectivity index (χ0n) is 32.9. The van der Waals surface area contributed by atoms with Gasteiger partial charge in [-0.25, -0.2) is 0 Å². The summed E-state index contributed by atoms with van der Waals surface area (Å²) in [7, 11) is 0. The van der Waals surface area contributed by atoms with Crippen LogP contribution in [0.1, 0.15) is 0 Å². The van der Waals surface area contributed by atoms with Gasteiger partial charge >= 0.3 is 0 Å². The van der Waals surface area contributed by atoms with E-state index < -0.39 is 0 Å². The molecular weight excluding hydrogens is 743 g/mol. The summed E-state index contributed by atoms with van der Waals surface area (Å²) < 4.78 is 2.61. The van der Waals surface area contributed by atoms with E-state index in [4.69, 9.17) is 0 Å². The van der Waals surface area contributed by atoms with E-state index in [1.165, 1.54) is 86.6 Å². The van der Waals surface area contributed by atoms with E-state index in [-0.39, 0.29) is 0 Å². The van der Waals surface area contributed by atoms with Crippen molar-refractivity contribution in [3.63, 3.8) is 0 Å². The Morgan fingerprint density at radius 3 is 1.25 bits per heavy atom. The van der Waals surface area contributed by atoms with Crippen LogP contribution in [0, 0.1) is 0 Å². The molecule has 0 fully saturated rings. The predicted molar refractivity (Wildman–Crippen MR) is 259 cm³/mol. The van der Waals surface area contributed by atoms with Crippen LogP contribution in [0.15, 0.2) is 237 Å². The molecule has 0 aliphatic heterocycles. The van der Waals surface area contributed by atoms with Crippen LogP contribution in [0.25, 0.3) is 86.6 Å². The minimum absolute atomic E-state index is 1.12. The molecule has 0 saturated heterocycles. The topological polar surface area (TPSA) is 3.24 Å². The maximum absolute atomic E-state index is 2.43. The molecule has 10 aromatic carbocycles. The molecule has 0 atom stereocenters. The lowest BCUT2D eigenvalue weighted by Crippen LogP contribution is -2.09. The van der Waals surface area contributed by atoms with Crippen molar-refractivity contribution in [3.8, 4) is 55.6 Å². The minimum Gasteiger partial charge on any atom is -0.310 e. The fourth-order valence-corrected chi connectivity index (χ4v) is 9.85. The fourth-order valence-electron chi connectivity index (χ4n) is 8.65. The van der Waals surface area contributed by atoms with Crippen molar-refractivity contribution in [2.24, 2.45) is 0 Å². The number of para-hydroxylation sites is 1. The third-order valence-corrected chi connectivity index (χ3v) is 12.9. The summed E-state index contributed by atoms with van der Waals surface area (Å²) in [6, 6.07) is 86.0. The van der Waals surface area contributed by atoms with Crippen LogP contribution in [-0.2, 0) is 0 Å². The van der Waals surface area contributed by atoms with Crippen molar-refractivity contribution in [1.82, 2.24) is 0 Å². The van der Waals surface area contributed by atoms with Crippen molar-refractivity contribution in [2.45, 2.75) is 0 Å². The van der Waals surface area contributed by atoms with E-state index in [1.54, 1.807) is 0 Å². The van der Waals surface area contributed by atoms with Gasteiger partial charge in [-0.3, -0.25) is 0 Å². The Kier molecular flexibility index (Phi) is 9.11. The third-order valence-electron chi connectivity index (χ3n) is 11.6. The Labute approximate surface area is 354 Å². The molecule has 0 saturated carbocycles. The monoisotopic (exact) mass is 781 g/mol. The normalized spacial score (nSPS) is 11.3. The second kappa shape index (κ2) is 15.3. The molecule has 0 aliphatic rings. The van der Waals surface area contributed by atoms with Gasteiger partial charge in [-0.15, -0.1) is 11.3 Å². The highest BCUT2D eigenvalue weighted by atomic mass is 32.1. The van der Waals surface area contributed by atoms with Crippen LogP contribution in [0.3, 0.4) is 0 Å². The van der Waals surface area contributed by atoms with Crippen molar-refractivity contribution >= 4 is 59.3 Å². The molecule has 60 heavy (non-hydrogen) atoms. The lowest BCUT2D eigenvalue weighted by molar-refractivity contribution is 1.29. The van der Waals surface area contributed by atoms with Crippen LogP contribution in [0.5, 0.6) is 0 Å². The van der Waals surface area contributed by atoms with Gasteiger partial charge in [0.15, 0.2) is 0 Å². The standard InChI is InChI=1S/C58H39NS/c1-5-15-40(16-6-1)43-29-31-50(32-30-43)59(49-21-11-4-12-22-49)51-33-34-57-55(38-51)56-39-54(52-23-13-14-24-53(52)58(56)60-57)45-27-25-44(26-28-45)48-36-46(41-17-7-2-8-18-41)35-47(37-48)42-19-9-3-10-20-42/h1-39H. The predicted octanol–water partition coefficient (Wildman–Crippen LogP) is 17.0. The van der Waals surface area contributed by atoms with Crippen LogP contribution in [0.2, 0.25) is 0 Å². The highest BCUT2D eigenvalue weighted by Gasteiger charge is 2.18. The van der Waals surface area contributed by atoms with Gasteiger partial charge in [-0.2, -0.15) is 0 Å². The summed E-state index contributed by atoms with van der Waals surface area (Å²) in [5.74, 6) is 0. The summed E-state index contributed by atoms with van der Waals surface area (Å²) in [6.07, 6.45) is 0. The number of nitrogens with zero attached hydrogens (tertiary/aromatic N) is 1. The molecule has 0 N–H and O–H groups in total. The van der Waals surface area contributed by atoms with Crippen LogP contribution < -0.4 is 4.90 Å². The number of hydrogen-bond acceptors (Lipinski definition) is 2. The van der Waals surface area contributed by atoms with E-state index in [0.29, 0.717) is 0 Å². The largest absolute Gasteiger partial charge is 0.310 e. The van der Waals surface area contributed by atoms with Crippen LogP contribution >= 0.6 is 11.3 Å². The molecule has 0 radical (unpaired) electrons. The molecule has 1 aromatic heterocycles. The Morgan fingerprint density at radius 1 is 0.250 bits per heavy atom. The van der Waals surface area contributed by atoms with Crippen molar-refractivity contribution in [1.29, 1.82) is 0 Å². The van der Waals surface area contributed by atoms with Crippen LogP contribution in [-0.4, -0.2) is 0 Å². The van der Waals surface area contributed by atoms with Gasteiger partial charge in [0.1, 0.15) is 0 Å². The van der Waals surface area contributed by atoms with Crippen molar-refractivity contribution in [3.05, 3.63) is 237 Å². The lowest BCUT2D eigenvalue weighted by atomic mass is 9.91. The van der Waals surface area contributed by atoms with Gasteiger partial charge in [-0.1, -0.05) is 170 Å². The molecule has 1 nitrogen and oxygen atoms in total. The summed E-state index contributed by atoms with van der Waals surface area (Å²) in [5.41, 5.74) is 15.5. The van der Waals surface area contributed by atoms with Gasteiger partial charge in [0.2, 0.25) is 0 Å². The van der Waals surface area contributed by atoms with Gasteiger partial charge in [0.05, 0.1) is 0 Å². The summed E-state index contributed by atoms with van der Waals surface area (Å²) in [4.78, 5) is 2.37. The fraction of sp³-hybridized carbons (Fsp3) is 0. The number of anilines is 3. The molecular formula is C58H39NS. The van der Waals surface area contributed by atoms with Gasteiger partial charge in [0, 0.05) is 42.6 Å². The molecule has 11 rings (SSSR count). The molecule has 11 aromatic rings. The van der Waals surface area contributed by atoms with Crippen LogP contribution in [0.4, 0.5) is 17.1 Å². The molecule has 0 bridgehead atoms. The van der Waals surface area contributed by atoms with E-state index in [9.17, 15) is 0 Å². The zero-order chi connectivity index (χ0) is 39.8. The molecule has 0 unspecified atom stereocenters. The molecule has 0 amide bonds. The summed E-state index contributed by atoms with van der Waals surface area (Å²) >= 11 is 1.89. The first-order chi connectivity index (χ1) is 29.7.